The molecule has 0 unspecified atom stereocenters. The fraction of sp³-hybridized carbons (Fsp3) is 0. The van der Waals surface area contributed by atoms with Crippen LogP contribution < -0.4 is 0 Å². The third-order valence-corrected chi connectivity index (χ3v) is 7.36. The van der Waals surface area contributed by atoms with E-state index in [1.807, 2.05) is 12.1 Å². The van der Waals surface area contributed by atoms with Crippen molar-refractivity contribution in [3.05, 3.63) is 67.8 Å². The van der Waals surface area contributed by atoms with Gasteiger partial charge in [0.15, 0.2) is 14.3 Å². The van der Waals surface area contributed by atoms with E-state index in [1.54, 1.807) is 12.1 Å². The minimum Gasteiger partial charge on any atom is -0.508 e. The Morgan fingerprint density at radius 2 is 1.18 bits per heavy atom. The summed E-state index contributed by atoms with van der Waals surface area (Å²) in [7, 11) is -0.0831. The van der Waals surface area contributed by atoms with Gasteiger partial charge in [0.25, 0.3) is 0 Å². The van der Waals surface area contributed by atoms with E-state index >= 15 is 0 Å². The predicted molar refractivity (Wildman–Crippen MR) is 112 cm³/mol. The molecule has 1 N–H and O–H groups in total. The number of thiophene rings is 1. The number of phenols is 1. The molecule has 0 radical (unpaired) electrons. The van der Waals surface area contributed by atoms with E-state index in [0.717, 1.165) is 0 Å². The van der Waals surface area contributed by atoms with Crippen LogP contribution in [0.15, 0.2) is 60.7 Å². The van der Waals surface area contributed by atoms with Crippen molar-refractivity contribution in [2.24, 2.45) is 0 Å². The summed E-state index contributed by atoms with van der Waals surface area (Å²) in [4.78, 5) is 1.25. The van der Waals surface area contributed by atoms with E-state index in [4.69, 9.17) is 0 Å². The minimum absolute atomic E-state index is 0.0831. The maximum absolute atomic E-state index is 9.56. The number of benzene rings is 3. The first-order chi connectivity index (χ1) is 10.6. The fourth-order valence-electron chi connectivity index (χ4n) is 2.74. The van der Waals surface area contributed by atoms with Gasteiger partial charge in [-0.3, -0.25) is 0 Å². The molecule has 4 rings (SSSR count). The molecule has 0 aliphatic carbocycles. The predicted octanol–water partition coefficient (Wildman–Crippen LogP) is 6.65. The monoisotopic (exact) mass is 529 g/mol. The number of hydrogen-bond donors (Lipinski definition) is 1. The van der Waals surface area contributed by atoms with Gasteiger partial charge in [-0.15, -0.1) is 0 Å². The first kappa shape index (κ1) is 14.7. The quantitative estimate of drug-likeness (QED) is 0.217. The van der Waals surface area contributed by atoms with Gasteiger partial charge in [0, 0.05) is 40.5 Å². The third kappa shape index (κ3) is 2.41. The summed E-state index contributed by atoms with van der Waals surface area (Å²) >= 11 is 4.75. The summed E-state index contributed by atoms with van der Waals surface area (Å²) in [5.74, 6) is 0.317. The highest BCUT2D eigenvalue weighted by Crippen LogP contribution is 2.49. The Morgan fingerprint density at radius 1 is 0.682 bits per heavy atom. The molecule has 3 aromatic carbocycles. The molecule has 0 amide bonds. The molecule has 1 aromatic heterocycles. The third-order valence-electron chi connectivity index (χ3n) is 3.69. The second kappa shape index (κ2) is 5.65. The molecular formula is C18H11I2OS+. The van der Waals surface area contributed by atoms with Crippen LogP contribution in [0.25, 0.3) is 25.1 Å². The SMILES string of the molecule is Oc1ccc(-[s+]2c3ccc(I)cc3c3cc(I)ccc32)cc1. The van der Waals surface area contributed by atoms with Crippen molar-refractivity contribution in [3.63, 3.8) is 0 Å². The van der Waals surface area contributed by atoms with Crippen molar-refractivity contribution in [1.82, 2.24) is 0 Å². The number of halogens is 2. The molecular weight excluding hydrogens is 518 g/mol. The van der Waals surface area contributed by atoms with Crippen LogP contribution in [0.4, 0.5) is 0 Å². The molecule has 1 nitrogen and oxygen atoms in total. The Morgan fingerprint density at radius 3 is 1.68 bits per heavy atom. The van der Waals surface area contributed by atoms with Gasteiger partial charge in [-0.2, -0.15) is 0 Å². The van der Waals surface area contributed by atoms with Crippen LogP contribution in [0, 0.1) is 7.14 Å². The summed E-state index contributed by atoms with van der Waals surface area (Å²) in [5, 5.41) is 12.3. The smallest absolute Gasteiger partial charge is 0.187 e. The summed E-state index contributed by atoms with van der Waals surface area (Å²) in [6.07, 6.45) is 0. The maximum Gasteiger partial charge on any atom is 0.187 e. The van der Waals surface area contributed by atoms with Gasteiger partial charge in [0.2, 0.25) is 0 Å². The van der Waals surface area contributed by atoms with Crippen LogP contribution in [-0.4, -0.2) is 5.11 Å². The summed E-state index contributed by atoms with van der Waals surface area (Å²) in [6.45, 7) is 0. The minimum atomic E-state index is -0.0831. The first-order valence-corrected chi connectivity index (χ1v) is 10.1. The topological polar surface area (TPSA) is 20.2 Å². The van der Waals surface area contributed by atoms with E-state index < -0.39 is 0 Å². The van der Waals surface area contributed by atoms with Gasteiger partial charge in [0.05, 0.1) is 0 Å². The Kier molecular flexibility index (Phi) is 3.78. The van der Waals surface area contributed by atoms with Crippen molar-refractivity contribution in [3.8, 4) is 10.6 Å². The summed E-state index contributed by atoms with van der Waals surface area (Å²) in [6, 6.07) is 21.0. The summed E-state index contributed by atoms with van der Waals surface area (Å²) < 4.78 is 5.28. The molecule has 1 heterocycles. The Labute approximate surface area is 158 Å². The van der Waals surface area contributed by atoms with Crippen LogP contribution in [0.1, 0.15) is 0 Å². The Balaban J connectivity index is 2.17. The molecule has 0 bridgehead atoms. The fourth-order valence-corrected chi connectivity index (χ4v) is 6.06. The van der Waals surface area contributed by atoms with Crippen molar-refractivity contribution in [2.75, 3.05) is 0 Å². The number of fused-ring (bicyclic) bond motifs is 3. The number of aromatic hydroxyl groups is 1. The molecule has 0 fully saturated rings. The zero-order valence-electron chi connectivity index (χ0n) is 11.4. The second-order valence-corrected chi connectivity index (χ2v) is 9.54. The molecule has 0 atom stereocenters. The van der Waals surface area contributed by atoms with E-state index in [-0.39, 0.29) is 10.5 Å². The van der Waals surface area contributed by atoms with Crippen LogP contribution in [0.3, 0.4) is 0 Å². The lowest BCUT2D eigenvalue weighted by molar-refractivity contribution is 0.475. The average Bonchev–Trinajstić information content (AvgIpc) is 2.81. The molecule has 0 saturated carbocycles. The number of phenolic OH excluding ortho intramolecular Hbond substituents is 1. The zero-order chi connectivity index (χ0) is 15.3. The highest BCUT2D eigenvalue weighted by molar-refractivity contribution is 14.1. The Hall–Kier alpha value is -0.860. The normalized spacial score (nSPS) is 11.4. The first-order valence-electron chi connectivity index (χ1n) is 6.76. The molecule has 4 heteroatoms. The van der Waals surface area contributed by atoms with E-state index in [0.29, 0.717) is 5.75 Å². The van der Waals surface area contributed by atoms with Gasteiger partial charge in [0.1, 0.15) is 5.75 Å². The number of hydrogen-bond acceptors (Lipinski definition) is 1. The van der Waals surface area contributed by atoms with Gasteiger partial charge < -0.3 is 5.11 Å². The molecule has 0 saturated heterocycles. The van der Waals surface area contributed by atoms with Crippen LogP contribution >= 0.6 is 55.7 Å². The van der Waals surface area contributed by atoms with Crippen molar-refractivity contribution < 1.29 is 5.11 Å². The van der Waals surface area contributed by atoms with Gasteiger partial charge >= 0.3 is 0 Å². The van der Waals surface area contributed by atoms with Crippen LogP contribution in [-0.2, 0) is 0 Å². The molecule has 4 aromatic rings. The molecule has 0 spiro atoms. The largest absolute Gasteiger partial charge is 0.508 e. The van der Waals surface area contributed by atoms with Gasteiger partial charge in [-0.05, 0) is 93.7 Å². The van der Waals surface area contributed by atoms with Crippen molar-refractivity contribution in [2.45, 2.75) is 0 Å². The second-order valence-electron chi connectivity index (χ2n) is 5.08. The lowest BCUT2D eigenvalue weighted by Crippen LogP contribution is -1.71. The highest BCUT2D eigenvalue weighted by atomic mass is 127. The zero-order valence-corrected chi connectivity index (χ0v) is 16.5. The van der Waals surface area contributed by atoms with Crippen molar-refractivity contribution in [1.29, 1.82) is 0 Å². The lowest BCUT2D eigenvalue weighted by atomic mass is 10.2. The molecule has 22 heavy (non-hydrogen) atoms. The van der Waals surface area contributed by atoms with E-state index in [2.05, 4.69) is 81.6 Å². The van der Waals surface area contributed by atoms with Crippen molar-refractivity contribution >= 4 is 75.8 Å². The van der Waals surface area contributed by atoms with Crippen LogP contribution in [0.5, 0.6) is 5.75 Å². The standard InChI is InChI=1S/C18H10I2OS/c19-11-1-7-17-15(9-11)16-10-12(20)2-8-18(16)22(17)14-5-3-13(21)4-6-14/h1-10H/p+1. The molecule has 108 valence electrons. The Bertz CT molecular complexity index is 944. The lowest BCUT2D eigenvalue weighted by Gasteiger charge is -1.94. The van der Waals surface area contributed by atoms with Gasteiger partial charge in [-0.25, -0.2) is 0 Å². The average molecular weight is 529 g/mol. The van der Waals surface area contributed by atoms with E-state index in [9.17, 15) is 5.11 Å². The maximum atomic E-state index is 9.56. The molecule has 0 aliphatic rings. The summed E-state index contributed by atoms with van der Waals surface area (Å²) in [5.41, 5.74) is 0. The van der Waals surface area contributed by atoms with Gasteiger partial charge in [-0.1, -0.05) is 0 Å². The number of rotatable bonds is 1. The van der Waals surface area contributed by atoms with Crippen LogP contribution in [0.2, 0.25) is 0 Å². The van der Waals surface area contributed by atoms with E-state index in [1.165, 1.54) is 32.2 Å². The molecule has 0 aliphatic heterocycles. The highest BCUT2D eigenvalue weighted by Gasteiger charge is 2.23.